The van der Waals surface area contributed by atoms with Crippen molar-refractivity contribution >= 4 is 0 Å². The van der Waals surface area contributed by atoms with Crippen LogP contribution in [-0.2, 0) is 0 Å². The number of rotatable bonds is 4. The van der Waals surface area contributed by atoms with Gasteiger partial charge in [0.2, 0.25) is 0 Å². The van der Waals surface area contributed by atoms with E-state index < -0.39 is 0 Å². The second-order valence-electron chi connectivity index (χ2n) is 5.28. The predicted molar refractivity (Wildman–Crippen MR) is 73.2 cm³/mol. The van der Waals surface area contributed by atoms with E-state index in [1.807, 2.05) is 13.0 Å². The Kier molecular flexibility index (Phi) is 4.36. The van der Waals surface area contributed by atoms with E-state index in [2.05, 4.69) is 24.2 Å². The molecule has 1 aliphatic heterocycles. The topological polar surface area (TPSA) is 15.3 Å². The number of nitrogens with one attached hydrogen (secondary N) is 1. The highest BCUT2D eigenvalue weighted by atomic mass is 19.1. The number of hydrogen-bond acceptors (Lipinski definition) is 2. The van der Waals surface area contributed by atoms with Gasteiger partial charge in [-0.15, -0.1) is 0 Å². The highest BCUT2D eigenvalue weighted by Crippen LogP contribution is 2.37. The van der Waals surface area contributed by atoms with Gasteiger partial charge in [0.25, 0.3) is 0 Å². The molecule has 1 aromatic carbocycles. The zero-order chi connectivity index (χ0) is 13.1. The zero-order valence-electron chi connectivity index (χ0n) is 11.5. The Morgan fingerprint density at radius 1 is 1.44 bits per heavy atom. The summed E-state index contributed by atoms with van der Waals surface area (Å²) in [7, 11) is 2.17. The smallest absolute Gasteiger partial charge is 0.123 e. The number of likely N-dealkylation sites (tertiary alicyclic amines) is 1. The van der Waals surface area contributed by atoms with Crippen LogP contribution >= 0.6 is 0 Å². The second-order valence-corrected chi connectivity index (χ2v) is 5.28. The fraction of sp³-hybridized carbons (Fsp3) is 0.600. The van der Waals surface area contributed by atoms with Crippen LogP contribution in [0, 0.1) is 18.7 Å². The molecule has 2 rings (SSSR count). The lowest BCUT2D eigenvalue weighted by Gasteiger charge is -2.27. The molecule has 1 heterocycles. The molecule has 1 saturated heterocycles. The Hall–Kier alpha value is -0.930. The maximum absolute atomic E-state index is 13.2. The number of benzene rings is 1. The Balaban J connectivity index is 2.22. The molecule has 2 unspecified atom stereocenters. The largest absolute Gasteiger partial charge is 0.317 e. The molecule has 0 bridgehead atoms. The SMILES string of the molecule is CCNCC1CCN(C)C1c1ccc(F)cc1C. The first-order valence-electron chi connectivity index (χ1n) is 6.80. The third kappa shape index (κ3) is 2.73. The molecule has 3 heteroatoms. The molecule has 1 aliphatic rings. The normalized spacial score (nSPS) is 24.7. The summed E-state index contributed by atoms with van der Waals surface area (Å²) in [6.07, 6.45) is 1.21. The molecule has 1 aromatic rings. The molecule has 100 valence electrons. The number of nitrogens with zero attached hydrogens (tertiary/aromatic N) is 1. The summed E-state index contributed by atoms with van der Waals surface area (Å²) < 4.78 is 13.2. The molecule has 0 aromatic heterocycles. The minimum atomic E-state index is -0.139. The van der Waals surface area contributed by atoms with E-state index in [0.29, 0.717) is 12.0 Å². The molecule has 0 aliphatic carbocycles. The van der Waals surface area contributed by atoms with Gasteiger partial charge >= 0.3 is 0 Å². The van der Waals surface area contributed by atoms with Gasteiger partial charge < -0.3 is 5.32 Å². The molecule has 0 spiro atoms. The van der Waals surface area contributed by atoms with Gasteiger partial charge in [0.15, 0.2) is 0 Å². The lowest BCUT2D eigenvalue weighted by molar-refractivity contribution is 0.271. The van der Waals surface area contributed by atoms with Crippen molar-refractivity contribution in [1.29, 1.82) is 0 Å². The summed E-state index contributed by atoms with van der Waals surface area (Å²) >= 11 is 0. The fourth-order valence-corrected chi connectivity index (χ4v) is 3.03. The van der Waals surface area contributed by atoms with Crippen molar-refractivity contribution in [3.05, 3.63) is 35.1 Å². The van der Waals surface area contributed by atoms with Crippen LogP contribution in [0.5, 0.6) is 0 Å². The first-order chi connectivity index (χ1) is 8.63. The van der Waals surface area contributed by atoms with Gasteiger partial charge in [-0.3, -0.25) is 4.90 Å². The summed E-state index contributed by atoms with van der Waals surface area (Å²) in [6.45, 7) is 7.32. The zero-order valence-corrected chi connectivity index (χ0v) is 11.5. The van der Waals surface area contributed by atoms with E-state index in [1.165, 1.54) is 12.0 Å². The van der Waals surface area contributed by atoms with E-state index in [1.54, 1.807) is 12.1 Å². The molecule has 2 atom stereocenters. The summed E-state index contributed by atoms with van der Waals surface area (Å²) in [5.74, 6) is 0.485. The maximum Gasteiger partial charge on any atom is 0.123 e. The maximum atomic E-state index is 13.2. The van der Waals surface area contributed by atoms with Crippen molar-refractivity contribution < 1.29 is 4.39 Å². The molecular weight excluding hydrogens is 227 g/mol. The number of aryl methyl sites for hydroxylation is 1. The summed E-state index contributed by atoms with van der Waals surface area (Å²) in [6, 6.07) is 5.60. The van der Waals surface area contributed by atoms with Gasteiger partial charge in [0.05, 0.1) is 0 Å². The number of hydrogen-bond donors (Lipinski definition) is 1. The molecule has 0 saturated carbocycles. The standard InChI is InChI=1S/C15H23FN2/c1-4-17-10-12-7-8-18(3)15(12)14-6-5-13(16)9-11(14)2/h5-6,9,12,15,17H,4,7-8,10H2,1-3H3. The highest BCUT2D eigenvalue weighted by molar-refractivity contribution is 5.31. The Morgan fingerprint density at radius 3 is 2.89 bits per heavy atom. The summed E-state index contributed by atoms with van der Waals surface area (Å²) in [5.41, 5.74) is 2.34. The fourth-order valence-electron chi connectivity index (χ4n) is 3.03. The van der Waals surface area contributed by atoms with Gasteiger partial charge in [-0.25, -0.2) is 4.39 Å². The van der Waals surface area contributed by atoms with Gasteiger partial charge in [-0.1, -0.05) is 13.0 Å². The summed E-state index contributed by atoms with van der Waals surface area (Å²) in [5, 5.41) is 3.44. The van der Waals surface area contributed by atoms with Crippen LogP contribution in [0.4, 0.5) is 4.39 Å². The molecule has 18 heavy (non-hydrogen) atoms. The highest BCUT2D eigenvalue weighted by Gasteiger charge is 2.33. The Bertz CT molecular complexity index is 405. The van der Waals surface area contributed by atoms with Crippen LogP contribution in [0.15, 0.2) is 18.2 Å². The lowest BCUT2D eigenvalue weighted by atomic mass is 9.91. The van der Waals surface area contributed by atoms with Crippen molar-refractivity contribution in [1.82, 2.24) is 10.2 Å². The first-order valence-corrected chi connectivity index (χ1v) is 6.80. The molecule has 2 nitrogen and oxygen atoms in total. The minimum absolute atomic E-state index is 0.139. The van der Waals surface area contributed by atoms with E-state index in [4.69, 9.17) is 0 Å². The minimum Gasteiger partial charge on any atom is -0.317 e. The summed E-state index contributed by atoms with van der Waals surface area (Å²) in [4.78, 5) is 2.39. The van der Waals surface area contributed by atoms with Crippen molar-refractivity contribution in [3.8, 4) is 0 Å². The van der Waals surface area contributed by atoms with Crippen molar-refractivity contribution in [2.75, 3.05) is 26.7 Å². The van der Waals surface area contributed by atoms with Crippen LogP contribution in [-0.4, -0.2) is 31.6 Å². The van der Waals surface area contributed by atoms with Crippen molar-refractivity contribution in [3.63, 3.8) is 0 Å². The van der Waals surface area contributed by atoms with Crippen LogP contribution in [0.1, 0.15) is 30.5 Å². The van der Waals surface area contributed by atoms with Crippen LogP contribution in [0.25, 0.3) is 0 Å². The van der Waals surface area contributed by atoms with Gasteiger partial charge in [0, 0.05) is 6.04 Å². The average Bonchev–Trinajstić information content (AvgIpc) is 2.68. The molecular formula is C15H23FN2. The van der Waals surface area contributed by atoms with Crippen LogP contribution < -0.4 is 5.32 Å². The molecule has 0 amide bonds. The monoisotopic (exact) mass is 250 g/mol. The third-order valence-corrected chi connectivity index (χ3v) is 3.98. The quantitative estimate of drug-likeness (QED) is 0.884. The van der Waals surface area contributed by atoms with Crippen LogP contribution in [0.2, 0.25) is 0 Å². The Labute approximate surface area is 109 Å². The molecule has 1 fully saturated rings. The van der Waals surface area contributed by atoms with Gasteiger partial charge in [0.1, 0.15) is 5.82 Å². The van der Waals surface area contributed by atoms with E-state index in [-0.39, 0.29) is 5.82 Å². The average molecular weight is 250 g/mol. The van der Waals surface area contributed by atoms with E-state index in [9.17, 15) is 4.39 Å². The van der Waals surface area contributed by atoms with Gasteiger partial charge in [-0.2, -0.15) is 0 Å². The first kappa shape index (κ1) is 13.5. The lowest BCUT2D eigenvalue weighted by Crippen LogP contribution is -2.28. The van der Waals surface area contributed by atoms with E-state index >= 15 is 0 Å². The van der Waals surface area contributed by atoms with Crippen molar-refractivity contribution in [2.24, 2.45) is 5.92 Å². The predicted octanol–water partition coefficient (Wildman–Crippen LogP) is 2.74. The third-order valence-electron chi connectivity index (χ3n) is 3.98. The molecule has 0 radical (unpaired) electrons. The van der Waals surface area contributed by atoms with Crippen molar-refractivity contribution in [2.45, 2.75) is 26.3 Å². The van der Waals surface area contributed by atoms with E-state index in [0.717, 1.165) is 25.2 Å². The molecule has 1 N–H and O–H groups in total. The van der Waals surface area contributed by atoms with Gasteiger partial charge in [-0.05, 0) is 69.2 Å². The van der Waals surface area contributed by atoms with Crippen LogP contribution in [0.3, 0.4) is 0 Å². The number of halogens is 1. The Morgan fingerprint density at radius 2 is 2.22 bits per heavy atom. The second kappa shape index (κ2) is 5.81.